The number of carbonyl (C=O) groups is 3. The molecule has 0 bridgehead atoms. The van der Waals surface area contributed by atoms with Gasteiger partial charge in [-0.1, -0.05) is 39.0 Å². The third-order valence-electron chi connectivity index (χ3n) is 4.65. The minimum atomic E-state index is -0.539. The fourth-order valence-corrected chi connectivity index (χ4v) is 2.63. The summed E-state index contributed by atoms with van der Waals surface area (Å²) in [5.41, 5.74) is 3.23. The fourth-order valence-electron chi connectivity index (χ4n) is 2.63. The molecule has 0 aromatic heterocycles. The van der Waals surface area contributed by atoms with E-state index in [0.717, 1.165) is 16.8 Å². The Balaban J connectivity index is 2.04. The summed E-state index contributed by atoms with van der Waals surface area (Å²) in [5.74, 6) is -0.705. The molecular formula is C23H29N3O3. The minimum absolute atomic E-state index is 0.0786. The van der Waals surface area contributed by atoms with Gasteiger partial charge in [0, 0.05) is 29.4 Å². The van der Waals surface area contributed by atoms with Gasteiger partial charge < -0.3 is 15.5 Å². The van der Waals surface area contributed by atoms with Crippen LogP contribution in [-0.4, -0.2) is 36.2 Å². The summed E-state index contributed by atoms with van der Waals surface area (Å²) < 4.78 is 0. The molecule has 6 heteroatoms. The molecule has 0 spiro atoms. The van der Waals surface area contributed by atoms with E-state index in [9.17, 15) is 14.4 Å². The summed E-state index contributed by atoms with van der Waals surface area (Å²) in [6.45, 7) is 9.30. The van der Waals surface area contributed by atoms with Crippen LogP contribution in [0.4, 0.5) is 11.4 Å². The average Bonchev–Trinajstić information content (AvgIpc) is 2.64. The van der Waals surface area contributed by atoms with Crippen molar-refractivity contribution in [1.29, 1.82) is 0 Å². The van der Waals surface area contributed by atoms with E-state index in [1.54, 1.807) is 31.3 Å². The van der Waals surface area contributed by atoms with E-state index in [1.165, 1.54) is 4.90 Å². The number of hydrogen-bond acceptors (Lipinski definition) is 3. The lowest BCUT2D eigenvalue weighted by molar-refractivity contribution is -0.123. The van der Waals surface area contributed by atoms with Crippen LogP contribution in [0.5, 0.6) is 0 Å². The van der Waals surface area contributed by atoms with Crippen molar-refractivity contribution in [2.45, 2.75) is 34.6 Å². The zero-order valence-corrected chi connectivity index (χ0v) is 17.9. The van der Waals surface area contributed by atoms with E-state index in [1.807, 2.05) is 52.8 Å². The van der Waals surface area contributed by atoms with Gasteiger partial charge in [-0.2, -0.15) is 0 Å². The molecule has 154 valence electrons. The van der Waals surface area contributed by atoms with Crippen molar-refractivity contribution in [2.75, 3.05) is 24.2 Å². The first-order chi connectivity index (χ1) is 13.5. The number of likely N-dealkylation sites (N-methyl/N-ethyl adjacent to an activating group) is 1. The van der Waals surface area contributed by atoms with Gasteiger partial charge in [0.15, 0.2) is 0 Å². The molecule has 0 saturated heterocycles. The van der Waals surface area contributed by atoms with E-state index in [2.05, 4.69) is 10.6 Å². The zero-order chi connectivity index (χ0) is 21.8. The highest BCUT2D eigenvalue weighted by atomic mass is 16.2. The number of anilines is 2. The van der Waals surface area contributed by atoms with Gasteiger partial charge >= 0.3 is 0 Å². The number of nitrogens with one attached hydrogen (secondary N) is 2. The summed E-state index contributed by atoms with van der Waals surface area (Å²) in [4.78, 5) is 38.6. The Bertz CT molecular complexity index is 929. The molecule has 0 saturated carbocycles. The van der Waals surface area contributed by atoms with Gasteiger partial charge in [-0.25, -0.2) is 0 Å². The van der Waals surface area contributed by atoms with Crippen LogP contribution in [0, 0.1) is 19.3 Å². The number of carbonyl (C=O) groups excluding carboxylic acids is 3. The van der Waals surface area contributed by atoms with Gasteiger partial charge in [0.2, 0.25) is 11.8 Å². The predicted octanol–water partition coefficient (Wildman–Crippen LogP) is 4.00. The lowest BCUT2D eigenvalue weighted by atomic mass is 9.95. The maximum absolute atomic E-state index is 12.7. The molecule has 0 atom stereocenters. The van der Waals surface area contributed by atoms with Crippen LogP contribution in [-0.2, 0) is 9.59 Å². The maximum atomic E-state index is 12.7. The summed E-state index contributed by atoms with van der Waals surface area (Å²) in [7, 11) is 1.57. The molecule has 0 aliphatic rings. The Kier molecular flexibility index (Phi) is 6.80. The molecule has 2 aromatic rings. The van der Waals surface area contributed by atoms with E-state index in [0.29, 0.717) is 11.3 Å². The number of amides is 3. The SMILES string of the molecule is Cc1cccc(NC(=O)CN(C)C(=O)c2cccc(NC(=O)C(C)(C)C)c2)c1C. The molecule has 0 unspecified atom stereocenters. The largest absolute Gasteiger partial charge is 0.332 e. The predicted molar refractivity (Wildman–Crippen MR) is 116 cm³/mol. The molecule has 3 amide bonds. The summed E-state index contributed by atoms with van der Waals surface area (Å²) in [6, 6.07) is 12.4. The van der Waals surface area contributed by atoms with Crippen LogP contribution in [0.3, 0.4) is 0 Å². The molecule has 2 rings (SSSR count). The molecule has 2 N–H and O–H groups in total. The number of nitrogens with zero attached hydrogens (tertiary/aromatic N) is 1. The topological polar surface area (TPSA) is 78.5 Å². The third kappa shape index (κ3) is 5.91. The average molecular weight is 396 g/mol. The number of hydrogen-bond donors (Lipinski definition) is 2. The summed E-state index contributed by atoms with van der Waals surface area (Å²) in [5, 5.41) is 5.66. The van der Waals surface area contributed by atoms with Crippen molar-refractivity contribution >= 4 is 29.1 Å². The van der Waals surface area contributed by atoms with Crippen LogP contribution in [0.2, 0.25) is 0 Å². The van der Waals surface area contributed by atoms with Crippen LogP contribution in [0.1, 0.15) is 42.3 Å². The van der Waals surface area contributed by atoms with Crippen LogP contribution in [0.25, 0.3) is 0 Å². The van der Waals surface area contributed by atoms with Crippen molar-refractivity contribution in [3.05, 3.63) is 59.2 Å². The molecule has 2 aromatic carbocycles. The molecule has 0 fully saturated rings. The Labute approximate surface area is 172 Å². The lowest BCUT2D eigenvalue weighted by Crippen LogP contribution is -2.35. The Morgan fingerprint density at radius 2 is 1.62 bits per heavy atom. The van der Waals surface area contributed by atoms with E-state index < -0.39 is 5.41 Å². The van der Waals surface area contributed by atoms with E-state index in [-0.39, 0.29) is 24.3 Å². The van der Waals surface area contributed by atoms with Crippen molar-refractivity contribution in [1.82, 2.24) is 4.90 Å². The highest BCUT2D eigenvalue weighted by Crippen LogP contribution is 2.20. The van der Waals surface area contributed by atoms with Crippen LogP contribution < -0.4 is 10.6 Å². The molecular weight excluding hydrogens is 366 g/mol. The Morgan fingerprint density at radius 3 is 2.28 bits per heavy atom. The lowest BCUT2D eigenvalue weighted by Gasteiger charge is -2.19. The second kappa shape index (κ2) is 8.90. The highest BCUT2D eigenvalue weighted by molar-refractivity contribution is 6.01. The summed E-state index contributed by atoms with van der Waals surface area (Å²) in [6.07, 6.45) is 0. The fraction of sp³-hybridized carbons (Fsp3) is 0.348. The number of rotatable bonds is 5. The summed E-state index contributed by atoms with van der Waals surface area (Å²) >= 11 is 0. The first kappa shape index (κ1) is 22.1. The first-order valence-corrected chi connectivity index (χ1v) is 9.52. The minimum Gasteiger partial charge on any atom is -0.332 e. The van der Waals surface area contributed by atoms with Gasteiger partial charge in [0.05, 0.1) is 6.54 Å². The van der Waals surface area contributed by atoms with Gasteiger partial charge in [-0.05, 0) is 49.2 Å². The Hall–Kier alpha value is -3.15. The van der Waals surface area contributed by atoms with Crippen molar-refractivity contribution in [2.24, 2.45) is 5.41 Å². The second-order valence-corrected chi connectivity index (χ2v) is 8.24. The van der Waals surface area contributed by atoms with Gasteiger partial charge in [0.1, 0.15) is 0 Å². The van der Waals surface area contributed by atoms with Crippen LogP contribution >= 0.6 is 0 Å². The monoisotopic (exact) mass is 395 g/mol. The van der Waals surface area contributed by atoms with Crippen molar-refractivity contribution < 1.29 is 14.4 Å². The number of aryl methyl sites for hydroxylation is 1. The van der Waals surface area contributed by atoms with E-state index >= 15 is 0 Å². The maximum Gasteiger partial charge on any atom is 0.254 e. The van der Waals surface area contributed by atoms with Crippen molar-refractivity contribution in [3.63, 3.8) is 0 Å². The van der Waals surface area contributed by atoms with E-state index in [4.69, 9.17) is 0 Å². The van der Waals surface area contributed by atoms with Gasteiger partial charge in [-0.3, -0.25) is 14.4 Å². The third-order valence-corrected chi connectivity index (χ3v) is 4.65. The van der Waals surface area contributed by atoms with Crippen LogP contribution in [0.15, 0.2) is 42.5 Å². The zero-order valence-electron chi connectivity index (χ0n) is 17.9. The van der Waals surface area contributed by atoms with Gasteiger partial charge in [0.25, 0.3) is 5.91 Å². The standard InChI is InChI=1S/C23H29N3O3/c1-15-9-7-12-19(16(15)2)25-20(27)14-26(6)21(28)17-10-8-11-18(13-17)24-22(29)23(3,4)5/h7-13H,14H2,1-6H3,(H,24,29)(H,25,27). The molecule has 0 aliphatic heterocycles. The molecule has 29 heavy (non-hydrogen) atoms. The van der Waals surface area contributed by atoms with Crippen molar-refractivity contribution in [3.8, 4) is 0 Å². The molecule has 0 radical (unpaired) electrons. The normalized spacial score (nSPS) is 11.0. The first-order valence-electron chi connectivity index (χ1n) is 9.52. The Morgan fingerprint density at radius 1 is 0.966 bits per heavy atom. The highest BCUT2D eigenvalue weighted by Gasteiger charge is 2.22. The molecule has 0 heterocycles. The molecule has 6 nitrogen and oxygen atoms in total. The smallest absolute Gasteiger partial charge is 0.254 e. The quantitative estimate of drug-likeness (QED) is 0.803. The second-order valence-electron chi connectivity index (χ2n) is 8.24. The number of benzene rings is 2. The van der Waals surface area contributed by atoms with Gasteiger partial charge in [-0.15, -0.1) is 0 Å². The molecule has 0 aliphatic carbocycles.